The van der Waals surface area contributed by atoms with Crippen LogP contribution in [-0.4, -0.2) is 59.6 Å². The first-order valence-electron chi connectivity index (χ1n) is 10.1. The molecule has 0 spiro atoms. The molecule has 0 aliphatic carbocycles. The molecule has 1 aromatic carbocycles. The lowest BCUT2D eigenvalue weighted by atomic mass is 9.95. The van der Waals surface area contributed by atoms with Gasteiger partial charge in [0.1, 0.15) is 0 Å². The SMILES string of the molecule is CC1CCN(C(CNC(=O)N2CCCC(C(=O)O)C2)c2ccccc2)CC1. The summed E-state index contributed by atoms with van der Waals surface area (Å²) < 4.78 is 0. The van der Waals surface area contributed by atoms with Gasteiger partial charge in [-0.25, -0.2) is 4.79 Å². The van der Waals surface area contributed by atoms with E-state index in [0.29, 0.717) is 26.1 Å². The Kier molecular flexibility index (Phi) is 6.72. The average molecular weight is 373 g/mol. The molecule has 2 fully saturated rings. The number of carbonyl (C=O) groups excluding carboxylic acids is 1. The van der Waals surface area contributed by atoms with E-state index in [1.54, 1.807) is 4.90 Å². The first-order chi connectivity index (χ1) is 13.0. The highest BCUT2D eigenvalue weighted by molar-refractivity contribution is 5.76. The molecule has 2 aliphatic heterocycles. The Morgan fingerprint density at radius 2 is 1.85 bits per heavy atom. The van der Waals surface area contributed by atoms with Crippen LogP contribution >= 0.6 is 0 Å². The van der Waals surface area contributed by atoms with Crippen LogP contribution in [0.3, 0.4) is 0 Å². The molecule has 2 unspecified atom stereocenters. The van der Waals surface area contributed by atoms with Crippen LogP contribution in [0.1, 0.15) is 44.2 Å². The summed E-state index contributed by atoms with van der Waals surface area (Å²) in [5.41, 5.74) is 1.22. The Hall–Kier alpha value is -2.08. The van der Waals surface area contributed by atoms with E-state index in [-0.39, 0.29) is 12.1 Å². The molecule has 0 bridgehead atoms. The number of piperidine rings is 2. The Morgan fingerprint density at radius 1 is 1.15 bits per heavy atom. The molecule has 2 atom stereocenters. The van der Waals surface area contributed by atoms with Crippen molar-refractivity contribution >= 4 is 12.0 Å². The third-order valence-electron chi connectivity index (χ3n) is 5.95. The van der Waals surface area contributed by atoms with E-state index in [1.807, 2.05) is 18.2 Å². The molecular weight excluding hydrogens is 342 g/mol. The first kappa shape index (κ1) is 19.7. The molecule has 1 aromatic rings. The molecule has 6 nitrogen and oxygen atoms in total. The minimum absolute atomic E-state index is 0.146. The molecule has 2 aliphatic rings. The van der Waals surface area contributed by atoms with Crippen molar-refractivity contribution in [2.45, 2.75) is 38.6 Å². The van der Waals surface area contributed by atoms with E-state index in [1.165, 1.54) is 18.4 Å². The number of carboxylic acid groups (broad SMARTS) is 1. The van der Waals surface area contributed by atoms with Gasteiger partial charge < -0.3 is 15.3 Å². The fourth-order valence-corrected chi connectivity index (χ4v) is 4.13. The molecule has 27 heavy (non-hydrogen) atoms. The maximum Gasteiger partial charge on any atom is 0.317 e. The fraction of sp³-hybridized carbons (Fsp3) is 0.619. The Bertz CT molecular complexity index is 629. The highest BCUT2D eigenvalue weighted by Crippen LogP contribution is 2.26. The molecule has 148 valence electrons. The number of amides is 2. The number of hydrogen-bond acceptors (Lipinski definition) is 3. The first-order valence-corrected chi connectivity index (χ1v) is 10.1. The molecular formula is C21H31N3O3. The molecule has 2 saturated heterocycles. The Labute approximate surface area is 161 Å². The van der Waals surface area contributed by atoms with E-state index in [0.717, 1.165) is 25.4 Å². The van der Waals surface area contributed by atoms with E-state index in [9.17, 15) is 14.7 Å². The lowest BCUT2D eigenvalue weighted by molar-refractivity contribution is -0.143. The summed E-state index contributed by atoms with van der Waals surface area (Å²) in [4.78, 5) is 28.0. The van der Waals surface area contributed by atoms with Crippen molar-refractivity contribution in [3.63, 3.8) is 0 Å². The zero-order chi connectivity index (χ0) is 19.2. The summed E-state index contributed by atoms with van der Waals surface area (Å²) >= 11 is 0. The number of rotatable bonds is 5. The summed E-state index contributed by atoms with van der Waals surface area (Å²) in [6, 6.07) is 10.3. The van der Waals surface area contributed by atoms with Crippen LogP contribution < -0.4 is 5.32 Å². The van der Waals surface area contributed by atoms with Gasteiger partial charge in [-0.05, 0) is 50.3 Å². The van der Waals surface area contributed by atoms with Crippen LogP contribution in [0.4, 0.5) is 4.79 Å². The zero-order valence-corrected chi connectivity index (χ0v) is 16.1. The molecule has 2 amide bonds. The van der Waals surface area contributed by atoms with E-state index in [4.69, 9.17) is 0 Å². The van der Waals surface area contributed by atoms with Gasteiger partial charge in [0.2, 0.25) is 0 Å². The molecule has 0 aromatic heterocycles. The summed E-state index contributed by atoms with van der Waals surface area (Å²) in [5.74, 6) is -0.497. The maximum absolute atomic E-state index is 12.6. The van der Waals surface area contributed by atoms with Crippen LogP contribution in [0.2, 0.25) is 0 Å². The van der Waals surface area contributed by atoms with Crippen molar-refractivity contribution < 1.29 is 14.7 Å². The second kappa shape index (κ2) is 9.22. The number of nitrogens with zero attached hydrogens (tertiary/aromatic N) is 2. The molecule has 2 heterocycles. The third-order valence-corrected chi connectivity index (χ3v) is 5.95. The summed E-state index contributed by atoms with van der Waals surface area (Å²) in [7, 11) is 0. The van der Waals surface area contributed by atoms with Gasteiger partial charge in [-0.3, -0.25) is 9.69 Å². The van der Waals surface area contributed by atoms with Crippen molar-refractivity contribution in [2.24, 2.45) is 11.8 Å². The van der Waals surface area contributed by atoms with E-state index >= 15 is 0 Å². The highest BCUT2D eigenvalue weighted by atomic mass is 16.4. The van der Waals surface area contributed by atoms with Gasteiger partial charge in [-0.2, -0.15) is 0 Å². The number of benzene rings is 1. The minimum atomic E-state index is -0.808. The van der Waals surface area contributed by atoms with Crippen molar-refractivity contribution in [2.75, 3.05) is 32.7 Å². The molecule has 2 N–H and O–H groups in total. The van der Waals surface area contributed by atoms with Crippen molar-refractivity contribution in [3.05, 3.63) is 35.9 Å². The number of hydrogen-bond donors (Lipinski definition) is 2. The number of carbonyl (C=O) groups is 2. The van der Waals surface area contributed by atoms with Crippen molar-refractivity contribution in [3.8, 4) is 0 Å². The van der Waals surface area contributed by atoms with Gasteiger partial charge >= 0.3 is 12.0 Å². The second-order valence-electron chi connectivity index (χ2n) is 7.95. The van der Waals surface area contributed by atoms with Crippen molar-refractivity contribution in [1.82, 2.24) is 15.1 Å². The summed E-state index contributed by atoms with van der Waals surface area (Å²) in [5, 5.41) is 12.3. The number of nitrogens with one attached hydrogen (secondary N) is 1. The molecule has 6 heteroatoms. The smallest absolute Gasteiger partial charge is 0.317 e. The van der Waals surface area contributed by atoms with Gasteiger partial charge in [0.15, 0.2) is 0 Å². The second-order valence-corrected chi connectivity index (χ2v) is 7.95. The highest BCUT2D eigenvalue weighted by Gasteiger charge is 2.29. The topological polar surface area (TPSA) is 72.9 Å². The minimum Gasteiger partial charge on any atom is -0.481 e. The number of aliphatic carboxylic acids is 1. The quantitative estimate of drug-likeness (QED) is 0.832. The number of likely N-dealkylation sites (tertiary alicyclic amines) is 2. The van der Waals surface area contributed by atoms with Gasteiger partial charge in [0, 0.05) is 19.6 Å². The van der Waals surface area contributed by atoms with Crippen LogP contribution in [0.25, 0.3) is 0 Å². The van der Waals surface area contributed by atoms with Crippen LogP contribution in [0, 0.1) is 11.8 Å². The monoisotopic (exact) mass is 373 g/mol. The number of carboxylic acids is 1. The fourth-order valence-electron chi connectivity index (χ4n) is 4.13. The lowest BCUT2D eigenvalue weighted by Gasteiger charge is -2.38. The van der Waals surface area contributed by atoms with Crippen molar-refractivity contribution in [1.29, 1.82) is 0 Å². The zero-order valence-electron chi connectivity index (χ0n) is 16.1. The van der Waals surface area contributed by atoms with Gasteiger partial charge in [-0.1, -0.05) is 37.3 Å². The van der Waals surface area contributed by atoms with E-state index < -0.39 is 11.9 Å². The standard InChI is InChI=1S/C21H31N3O3/c1-16-9-12-23(13-10-16)19(17-6-3-2-4-7-17)14-22-21(27)24-11-5-8-18(15-24)20(25)26/h2-4,6-7,16,18-19H,5,8-15H2,1H3,(H,22,27)(H,25,26). The number of urea groups is 1. The molecule has 0 saturated carbocycles. The van der Waals surface area contributed by atoms with Crippen LogP contribution in [0.15, 0.2) is 30.3 Å². The largest absolute Gasteiger partial charge is 0.481 e. The lowest BCUT2D eigenvalue weighted by Crippen LogP contribution is -2.49. The average Bonchev–Trinajstić information content (AvgIpc) is 2.70. The van der Waals surface area contributed by atoms with Gasteiger partial charge in [0.05, 0.1) is 12.0 Å². The predicted octanol–water partition coefficient (Wildman–Crippen LogP) is 2.97. The molecule has 3 rings (SSSR count). The van der Waals surface area contributed by atoms with Gasteiger partial charge in [0.25, 0.3) is 0 Å². The summed E-state index contributed by atoms with van der Waals surface area (Å²) in [6.45, 7) is 5.87. The van der Waals surface area contributed by atoms with E-state index in [2.05, 4.69) is 29.3 Å². The Balaban J connectivity index is 1.62. The third kappa shape index (κ3) is 5.22. The Morgan fingerprint density at radius 3 is 2.52 bits per heavy atom. The predicted molar refractivity (Wildman–Crippen MR) is 104 cm³/mol. The van der Waals surface area contributed by atoms with Crippen LogP contribution in [0.5, 0.6) is 0 Å². The van der Waals surface area contributed by atoms with Crippen LogP contribution in [-0.2, 0) is 4.79 Å². The summed E-state index contributed by atoms with van der Waals surface area (Å²) in [6.07, 6.45) is 3.77. The molecule has 0 radical (unpaired) electrons. The normalized spacial score (nSPS) is 23.0. The van der Waals surface area contributed by atoms with Gasteiger partial charge in [-0.15, -0.1) is 0 Å². The maximum atomic E-state index is 12.6.